The number of hydrogen-bond acceptors (Lipinski definition) is 2. The summed E-state index contributed by atoms with van der Waals surface area (Å²) >= 11 is 0. The first-order chi connectivity index (χ1) is 6.36. The predicted octanol–water partition coefficient (Wildman–Crippen LogP) is 2.08. The van der Waals surface area contributed by atoms with E-state index < -0.39 is 0 Å². The Kier molecular flexibility index (Phi) is 2.00. The molecule has 0 aliphatic rings. The van der Waals surface area contributed by atoms with Crippen LogP contribution in [0.4, 0.5) is 4.39 Å². The molecule has 1 aromatic carbocycles. The van der Waals surface area contributed by atoms with Crippen molar-refractivity contribution in [2.24, 2.45) is 0 Å². The van der Waals surface area contributed by atoms with E-state index in [2.05, 4.69) is 16.3 Å². The molecule has 63 valence electrons. The minimum absolute atomic E-state index is 0.317. The van der Waals surface area contributed by atoms with Gasteiger partial charge in [0.15, 0.2) is 0 Å². The van der Waals surface area contributed by atoms with Crippen molar-refractivity contribution < 1.29 is 4.39 Å². The second kappa shape index (κ2) is 3.31. The number of hydrogen-bond donors (Lipinski definition) is 0. The van der Waals surface area contributed by atoms with Crippen molar-refractivity contribution in [1.29, 1.82) is 0 Å². The van der Waals surface area contributed by atoms with E-state index >= 15 is 0 Å². The summed E-state index contributed by atoms with van der Waals surface area (Å²) in [5.41, 5.74) is 1.34. The molecule has 0 spiro atoms. The molecule has 13 heavy (non-hydrogen) atoms. The fraction of sp³-hybridized carbons (Fsp3) is 0. The molecule has 0 unspecified atom stereocenters. The molecular weight excluding hydrogens is 167 g/mol. The Balaban J connectivity index is 2.48. The van der Waals surface area contributed by atoms with Gasteiger partial charge in [-0.25, -0.2) is 4.39 Å². The summed E-state index contributed by atoms with van der Waals surface area (Å²) in [6.45, 7) is 0. The van der Waals surface area contributed by atoms with Crippen LogP contribution in [0.15, 0.2) is 36.5 Å². The van der Waals surface area contributed by atoms with Crippen LogP contribution in [0.5, 0.6) is 0 Å². The summed E-state index contributed by atoms with van der Waals surface area (Å²) in [5, 5.41) is 7.56. The predicted molar refractivity (Wildman–Crippen MR) is 46.3 cm³/mol. The van der Waals surface area contributed by atoms with E-state index in [1.807, 2.05) is 0 Å². The van der Waals surface area contributed by atoms with Crippen LogP contribution in [-0.2, 0) is 0 Å². The molecule has 0 atom stereocenters. The Bertz CT molecular complexity index is 401. The van der Waals surface area contributed by atoms with Crippen molar-refractivity contribution in [2.45, 2.75) is 0 Å². The highest BCUT2D eigenvalue weighted by atomic mass is 19.1. The lowest BCUT2D eigenvalue weighted by molar-refractivity contribution is 0.628. The van der Waals surface area contributed by atoms with Crippen molar-refractivity contribution >= 4 is 0 Å². The molecular formula is C10H6FN2. The van der Waals surface area contributed by atoms with Gasteiger partial charge in [-0.3, -0.25) is 0 Å². The summed E-state index contributed by atoms with van der Waals surface area (Å²) in [7, 11) is 0. The maximum Gasteiger partial charge on any atom is 0.124 e. The Labute approximate surface area is 75.1 Å². The van der Waals surface area contributed by atoms with Crippen molar-refractivity contribution in [2.75, 3.05) is 0 Å². The molecule has 2 aromatic rings. The van der Waals surface area contributed by atoms with Crippen LogP contribution in [0.2, 0.25) is 0 Å². The molecule has 2 rings (SSSR count). The minimum atomic E-state index is -0.317. The van der Waals surface area contributed by atoms with Gasteiger partial charge in [-0.1, -0.05) is 0 Å². The first kappa shape index (κ1) is 7.86. The Morgan fingerprint density at radius 2 is 2.23 bits per heavy atom. The number of nitrogens with zero attached hydrogens (tertiary/aromatic N) is 2. The van der Waals surface area contributed by atoms with E-state index in [-0.39, 0.29) is 5.82 Å². The lowest BCUT2D eigenvalue weighted by Gasteiger charge is -1.97. The van der Waals surface area contributed by atoms with Gasteiger partial charge < -0.3 is 0 Å². The van der Waals surface area contributed by atoms with E-state index in [1.165, 1.54) is 12.1 Å². The van der Waals surface area contributed by atoms with Crippen LogP contribution in [0.1, 0.15) is 0 Å². The smallest absolute Gasteiger partial charge is 0.124 e. The molecule has 3 heteroatoms. The van der Waals surface area contributed by atoms with Crippen LogP contribution in [-0.4, -0.2) is 10.2 Å². The highest BCUT2D eigenvalue weighted by Crippen LogP contribution is 2.15. The third-order valence-corrected chi connectivity index (χ3v) is 1.62. The summed E-state index contributed by atoms with van der Waals surface area (Å²) in [5.74, 6) is -0.317. The molecule has 0 bridgehead atoms. The Hall–Kier alpha value is -1.77. The van der Waals surface area contributed by atoms with E-state index in [0.29, 0.717) is 11.3 Å². The van der Waals surface area contributed by atoms with Gasteiger partial charge in [0.05, 0.1) is 5.69 Å². The summed E-state index contributed by atoms with van der Waals surface area (Å²) in [4.78, 5) is 0. The van der Waals surface area contributed by atoms with Crippen LogP contribution in [0, 0.1) is 11.9 Å². The van der Waals surface area contributed by atoms with Crippen molar-refractivity contribution in [3.63, 3.8) is 0 Å². The number of rotatable bonds is 1. The van der Waals surface area contributed by atoms with Gasteiger partial charge in [-0.05, 0) is 36.4 Å². The van der Waals surface area contributed by atoms with Crippen LogP contribution >= 0.6 is 0 Å². The maximum absolute atomic E-state index is 12.8. The van der Waals surface area contributed by atoms with Gasteiger partial charge in [0, 0.05) is 11.8 Å². The fourth-order valence-corrected chi connectivity index (χ4v) is 1.05. The summed E-state index contributed by atoms with van der Waals surface area (Å²) < 4.78 is 12.8. The SMILES string of the molecule is Fc1c[c]cc(-c2cccnn2)c1. The first-order valence-corrected chi connectivity index (χ1v) is 3.81. The molecule has 0 saturated carbocycles. The van der Waals surface area contributed by atoms with Gasteiger partial charge in [0.25, 0.3) is 0 Å². The van der Waals surface area contributed by atoms with Gasteiger partial charge in [0.1, 0.15) is 5.82 Å². The number of halogens is 1. The highest BCUT2D eigenvalue weighted by Gasteiger charge is 1.99. The molecule has 1 heterocycles. The van der Waals surface area contributed by atoms with Crippen LogP contribution in [0.25, 0.3) is 11.3 Å². The normalized spacial score (nSPS) is 9.92. The fourth-order valence-electron chi connectivity index (χ4n) is 1.05. The van der Waals surface area contributed by atoms with E-state index in [1.54, 1.807) is 24.4 Å². The van der Waals surface area contributed by atoms with Crippen molar-refractivity contribution in [3.05, 3.63) is 48.4 Å². The molecule has 1 aromatic heterocycles. The second-order valence-corrected chi connectivity index (χ2v) is 2.55. The monoisotopic (exact) mass is 173 g/mol. The summed E-state index contributed by atoms with van der Waals surface area (Å²) in [6.07, 6.45) is 1.58. The lowest BCUT2D eigenvalue weighted by atomic mass is 10.1. The van der Waals surface area contributed by atoms with Crippen LogP contribution < -0.4 is 0 Å². The average molecular weight is 173 g/mol. The standard InChI is InChI=1S/C10H6FN2/c11-9-4-1-3-8(7-9)10-5-2-6-12-13-10/h2-7H. The van der Waals surface area contributed by atoms with E-state index in [9.17, 15) is 4.39 Å². The van der Waals surface area contributed by atoms with Gasteiger partial charge in [0.2, 0.25) is 0 Å². The molecule has 0 amide bonds. The molecule has 0 aliphatic heterocycles. The zero-order valence-electron chi connectivity index (χ0n) is 6.74. The zero-order chi connectivity index (χ0) is 9.10. The third kappa shape index (κ3) is 1.69. The van der Waals surface area contributed by atoms with E-state index in [0.717, 1.165) is 0 Å². The zero-order valence-corrected chi connectivity index (χ0v) is 6.74. The largest absolute Gasteiger partial charge is 0.207 e. The maximum atomic E-state index is 12.8. The molecule has 1 radical (unpaired) electrons. The topological polar surface area (TPSA) is 25.8 Å². The minimum Gasteiger partial charge on any atom is -0.207 e. The first-order valence-electron chi connectivity index (χ1n) is 3.81. The van der Waals surface area contributed by atoms with Crippen LogP contribution in [0.3, 0.4) is 0 Å². The molecule has 0 fully saturated rings. The Morgan fingerprint density at radius 3 is 2.92 bits per heavy atom. The third-order valence-electron chi connectivity index (χ3n) is 1.62. The van der Waals surface area contributed by atoms with Crippen molar-refractivity contribution in [3.8, 4) is 11.3 Å². The van der Waals surface area contributed by atoms with E-state index in [4.69, 9.17) is 0 Å². The van der Waals surface area contributed by atoms with Gasteiger partial charge >= 0.3 is 0 Å². The lowest BCUT2D eigenvalue weighted by Crippen LogP contribution is -1.86. The van der Waals surface area contributed by atoms with Gasteiger partial charge in [-0.15, -0.1) is 0 Å². The highest BCUT2D eigenvalue weighted by molar-refractivity contribution is 5.57. The molecule has 2 nitrogen and oxygen atoms in total. The summed E-state index contributed by atoms with van der Waals surface area (Å²) in [6, 6.07) is 10.6. The molecule has 0 N–H and O–H groups in total. The second-order valence-electron chi connectivity index (χ2n) is 2.55. The van der Waals surface area contributed by atoms with Crippen molar-refractivity contribution in [1.82, 2.24) is 10.2 Å². The van der Waals surface area contributed by atoms with Gasteiger partial charge in [-0.2, -0.15) is 10.2 Å². The quantitative estimate of drug-likeness (QED) is 0.659. The Morgan fingerprint density at radius 1 is 1.31 bits per heavy atom. The molecule has 0 aliphatic carbocycles. The molecule has 0 saturated heterocycles. The number of benzene rings is 1. The average Bonchev–Trinajstić information content (AvgIpc) is 2.19. The number of aromatic nitrogens is 2.